The van der Waals surface area contributed by atoms with Crippen LogP contribution in [0.5, 0.6) is 0 Å². The highest BCUT2D eigenvalue weighted by atomic mass is 19.1. The van der Waals surface area contributed by atoms with Crippen molar-refractivity contribution in [3.05, 3.63) is 53.7 Å². The molecule has 0 radical (unpaired) electrons. The van der Waals surface area contributed by atoms with Crippen LogP contribution in [0.1, 0.15) is 42.9 Å². The van der Waals surface area contributed by atoms with Crippen LogP contribution in [0, 0.1) is 17.0 Å². The summed E-state index contributed by atoms with van der Waals surface area (Å²) in [4.78, 5) is 29.3. The van der Waals surface area contributed by atoms with E-state index in [1.54, 1.807) is 26.8 Å². The summed E-state index contributed by atoms with van der Waals surface area (Å²) in [5, 5.41) is 7.57. The van der Waals surface area contributed by atoms with Crippen molar-refractivity contribution in [2.45, 2.75) is 20.8 Å². The zero-order chi connectivity index (χ0) is 23.4. The fourth-order valence-corrected chi connectivity index (χ4v) is 1.59. The van der Waals surface area contributed by atoms with Gasteiger partial charge in [-0.15, -0.1) is 0 Å². The molecule has 2 aromatic rings. The lowest BCUT2D eigenvalue weighted by molar-refractivity contribution is 0.0516. The van der Waals surface area contributed by atoms with E-state index in [1.165, 1.54) is 24.5 Å². The SMILES string of the molecule is CCO.CCOC(=O)c1ccnc(F)c1.CCOC(=O)c1ccnc(NN)c1.N=N.O.[HH]. The first-order valence-electron chi connectivity index (χ1n) is 8.67. The van der Waals surface area contributed by atoms with Gasteiger partial charge in [0, 0.05) is 26.5 Å². The van der Waals surface area contributed by atoms with Crippen LogP contribution in [0.3, 0.4) is 0 Å². The van der Waals surface area contributed by atoms with Gasteiger partial charge in [0.25, 0.3) is 0 Å². The number of aromatic nitrogens is 2. The monoisotopic (exact) mass is 446 g/mol. The number of carbonyl (C=O) groups is 2. The molecule has 31 heavy (non-hydrogen) atoms. The van der Waals surface area contributed by atoms with Crippen molar-refractivity contribution in [1.29, 1.82) is 11.1 Å². The van der Waals surface area contributed by atoms with Crippen LogP contribution in [0.2, 0.25) is 0 Å². The number of esters is 2. The molecule has 0 atom stereocenters. The second kappa shape index (κ2) is 21.2. The van der Waals surface area contributed by atoms with Crippen molar-refractivity contribution >= 4 is 17.8 Å². The molecule has 0 saturated carbocycles. The van der Waals surface area contributed by atoms with Crippen LogP contribution < -0.4 is 11.3 Å². The first-order valence-corrected chi connectivity index (χ1v) is 8.67. The van der Waals surface area contributed by atoms with Gasteiger partial charge in [0.2, 0.25) is 5.95 Å². The highest BCUT2D eigenvalue weighted by molar-refractivity contribution is 5.90. The molecule has 0 aromatic carbocycles. The molecule has 0 unspecified atom stereocenters. The number of halogens is 1. The Morgan fingerprint density at radius 2 is 1.48 bits per heavy atom. The lowest BCUT2D eigenvalue weighted by Crippen LogP contribution is -2.10. The maximum absolute atomic E-state index is 12.4. The topological polar surface area (TPSA) is 216 Å². The highest BCUT2D eigenvalue weighted by Crippen LogP contribution is 2.06. The first-order chi connectivity index (χ1) is 14.4. The summed E-state index contributed by atoms with van der Waals surface area (Å²) in [7, 11) is 0. The Bertz CT molecular complexity index is 759. The molecular formula is C18H31FN6O6. The van der Waals surface area contributed by atoms with Gasteiger partial charge in [0.05, 0.1) is 24.3 Å². The quantitative estimate of drug-likeness (QED) is 0.149. The van der Waals surface area contributed by atoms with Gasteiger partial charge in [0.1, 0.15) is 5.82 Å². The standard InChI is InChI=1S/C8H8FNO2.C8H11N3O2.C2H6O.H2N2.H2O.H2/c1-2-12-8(11)6-3-4-10-7(9)5-6;1-2-13-8(12)6-3-4-10-7(5-6)11-9;1-2-3;1-2;;/h3-5H,2H2,1H3;3-5H,2,9H2,1H3,(H,10,11);3H,2H2,1H3;1-2H;1H2;1H. The minimum absolute atomic E-state index is 0. The second-order valence-corrected chi connectivity index (χ2v) is 4.70. The lowest BCUT2D eigenvalue weighted by Gasteiger charge is -2.02. The van der Waals surface area contributed by atoms with Crippen LogP contribution in [-0.2, 0) is 9.47 Å². The van der Waals surface area contributed by atoms with Crippen molar-refractivity contribution in [3.63, 3.8) is 0 Å². The van der Waals surface area contributed by atoms with Gasteiger partial charge in [-0.3, -0.25) is 0 Å². The Hall–Kier alpha value is -3.55. The molecule has 0 aliphatic carbocycles. The predicted molar refractivity (Wildman–Crippen MR) is 112 cm³/mol. The molecule has 2 rings (SSSR count). The van der Waals surface area contributed by atoms with Gasteiger partial charge in [-0.25, -0.2) is 36.5 Å². The van der Waals surface area contributed by atoms with E-state index in [2.05, 4.69) is 20.1 Å². The van der Waals surface area contributed by atoms with Gasteiger partial charge < -0.3 is 25.5 Å². The van der Waals surface area contributed by atoms with E-state index in [0.29, 0.717) is 18.0 Å². The minimum atomic E-state index is -0.680. The van der Waals surface area contributed by atoms with E-state index in [9.17, 15) is 14.0 Å². The average Bonchev–Trinajstić information content (AvgIpc) is 2.76. The largest absolute Gasteiger partial charge is 0.462 e. The van der Waals surface area contributed by atoms with Crippen LogP contribution in [0.15, 0.2) is 36.7 Å². The zero-order valence-corrected chi connectivity index (χ0v) is 17.5. The molecule has 0 saturated heterocycles. The Labute approximate surface area is 180 Å². The number of anilines is 1. The Balaban J connectivity index is -0.000000194. The number of rotatable bonds is 5. The summed E-state index contributed by atoms with van der Waals surface area (Å²) in [5.74, 6) is 3.98. The molecule has 0 amide bonds. The molecule has 2 aromatic heterocycles. The molecule has 0 aliphatic heterocycles. The number of hydrazine groups is 1. The Morgan fingerprint density at radius 3 is 1.87 bits per heavy atom. The van der Waals surface area contributed by atoms with E-state index in [-0.39, 0.29) is 31.6 Å². The third-order valence-corrected chi connectivity index (χ3v) is 2.66. The number of nitrogens with one attached hydrogen (secondary N) is 3. The summed E-state index contributed by atoms with van der Waals surface area (Å²) in [6, 6.07) is 5.54. The fourth-order valence-electron chi connectivity index (χ4n) is 1.59. The smallest absolute Gasteiger partial charge is 0.338 e. The van der Waals surface area contributed by atoms with Gasteiger partial charge in [-0.2, -0.15) is 4.39 Å². The third kappa shape index (κ3) is 15.0. The molecule has 8 N–H and O–H groups in total. The molecule has 0 bridgehead atoms. The third-order valence-electron chi connectivity index (χ3n) is 2.66. The summed E-state index contributed by atoms with van der Waals surface area (Å²) in [5.41, 5.74) is 13.0. The summed E-state index contributed by atoms with van der Waals surface area (Å²) in [6.07, 6.45) is 2.71. The van der Waals surface area contributed by atoms with Gasteiger partial charge in [-0.05, 0) is 39.0 Å². The van der Waals surface area contributed by atoms with E-state index < -0.39 is 11.9 Å². The molecular weight excluding hydrogens is 415 g/mol. The molecule has 0 spiro atoms. The predicted octanol–water partition coefficient (Wildman–Crippen LogP) is 1.96. The fraction of sp³-hybridized carbons (Fsp3) is 0.333. The molecule has 0 fully saturated rings. The molecule has 176 valence electrons. The van der Waals surface area contributed by atoms with Crippen LogP contribution in [0.4, 0.5) is 10.2 Å². The lowest BCUT2D eigenvalue weighted by atomic mass is 10.2. The molecule has 13 heteroatoms. The van der Waals surface area contributed by atoms with Crippen molar-refractivity contribution in [2.24, 2.45) is 5.84 Å². The molecule has 0 aliphatic rings. The van der Waals surface area contributed by atoms with E-state index in [4.69, 9.17) is 26.7 Å². The van der Waals surface area contributed by atoms with Crippen LogP contribution >= 0.6 is 0 Å². The van der Waals surface area contributed by atoms with Gasteiger partial charge >= 0.3 is 11.9 Å². The Kier molecular flexibility index (Phi) is 21.9. The van der Waals surface area contributed by atoms with Crippen LogP contribution in [-0.4, -0.2) is 52.3 Å². The van der Waals surface area contributed by atoms with Crippen molar-refractivity contribution in [3.8, 4) is 0 Å². The second-order valence-electron chi connectivity index (χ2n) is 4.70. The number of hydrogen-bond acceptors (Lipinski definition) is 11. The number of aliphatic hydroxyl groups is 1. The summed E-state index contributed by atoms with van der Waals surface area (Å²) < 4.78 is 21.9. The maximum Gasteiger partial charge on any atom is 0.338 e. The minimum Gasteiger partial charge on any atom is -0.462 e. The zero-order valence-electron chi connectivity index (χ0n) is 17.5. The Morgan fingerprint density at radius 1 is 1.06 bits per heavy atom. The van der Waals surface area contributed by atoms with E-state index in [0.717, 1.165) is 6.07 Å². The van der Waals surface area contributed by atoms with E-state index in [1.807, 2.05) is 0 Å². The number of nitrogen functional groups attached to an aromatic ring is 1. The van der Waals surface area contributed by atoms with Crippen molar-refractivity contribution in [1.82, 2.24) is 9.97 Å². The highest BCUT2D eigenvalue weighted by Gasteiger charge is 2.07. The van der Waals surface area contributed by atoms with Crippen molar-refractivity contribution in [2.75, 3.05) is 25.2 Å². The number of hydrogen-bond donors (Lipinski definition) is 5. The number of aliphatic hydroxyl groups excluding tert-OH is 1. The first kappa shape index (κ1) is 32.1. The summed E-state index contributed by atoms with van der Waals surface area (Å²) in [6.45, 7) is 6.01. The van der Waals surface area contributed by atoms with Crippen LogP contribution in [0.25, 0.3) is 0 Å². The number of carbonyl (C=O) groups excluding carboxylic acids is 2. The van der Waals surface area contributed by atoms with Gasteiger partial charge in [0.15, 0.2) is 0 Å². The average molecular weight is 446 g/mol. The summed E-state index contributed by atoms with van der Waals surface area (Å²) >= 11 is 0. The number of pyridine rings is 2. The number of nitrogens with zero attached hydrogens (tertiary/aromatic N) is 2. The van der Waals surface area contributed by atoms with Crippen molar-refractivity contribution < 1.29 is 35.5 Å². The number of ether oxygens (including phenoxy) is 2. The number of nitrogens with two attached hydrogens (primary N) is 1. The molecule has 2 heterocycles. The van der Waals surface area contributed by atoms with E-state index >= 15 is 0 Å². The maximum atomic E-state index is 12.4. The normalized spacial score (nSPS) is 8.32. The van der Waals surface area contributed by atoms with Gasteiger partial charge in [-0.1, -0.05) is 0 Å². The molecule has 12 nitrogen and oxygen atoms in total.